The molecule has 2 aromatic rings. The lowest BCUT2D eigenvalue weighted by Gasteiger charge is -2.24. The Hall–Kier alpha value is -1.64. The molecule has 2 N–H and O–H groups in total. The van der Waals surface area contributed by atoms with Crippen LogP contribution in [-0.4, -0.2) is 12.6 Å². The van der Waals surface area contributed by atoms with E-state index in [0.717, 1.165) is 18.4 Å². The zero-order chi connectivity index (χ0) is 14.2. The first-order valence-electron chi connectivity index (χ1n) is 7.27. The molecule has 0 saturated carbocycles. The average Bonchev–Trinajstić information content (AvgIpc) is 2.52. The number of ether oxygens (including phenoxy) is 1. The Kier molecular flexibility index (Phi) is 5.78. The highest BCUT2D eigenvalue weighted by Gasteiger charge is 2.19. The Morgan fingerprint density at radius 2 is 1.55 bits per heavy atom. The molecule has 2 heteroatoms. The van der Waals surface area contributed by atoms with Crippen molar-refractivity contribution in [1.29, 1.82) is 0 Å². The van der Waals surface area contributed by atoms with Crippen LogP contribution in [0.3, 0.4) is 0 Å². The van der Waals surface area contributed by atoms with Gasteiger partial charge in [0.25, 0.3) is 0 Å². The predicted molar refractivity (Wildman–Crippen MR) is 83.5 cm³/mol. The Bertz CT molecular complexity index is 483. The van der Waals surface area contributed by atoms with Gasteiger partial charge in [-0.1, -0.05) is 60.7 Å². The Labute approximate surface area is 121 Å². The summed E-state index contributed by atoms with van der Waals surface area (Å²) in [4.78, 5) is 0. The number of rotatable bonds is 7. The van der Waals surface area contributed by atoms with Gasteiger partial charge in [-0.05, 0) is 30.9 Å². The molecule has 0 heterocycles. The number of hydrogen-bond acceptors (Lipinski definition) is 2. The third-order valence-electron chi connectivity index (χ3n) is 3.47. The summed E-state index contributed by atoms with van der Waals surface area (Å²) in [6.07, 6.45) is 1.88. The zero-order valence-electron chi connectivity index (χ0n) is 12.0. The average molecular weight is 269 g/mol. The van der Waals surface area contributed by atoms with Crippen LogP contribution in [-0.2, 0) is 11.2 Å². The van der Waals surface area contributed by atoms with Gasteiger partial charge in [0.05, 0.1) is 6.10 Å². The normalized spacial score (nSPS) is 13.9. The second-order valence-corrected chi connectivity index (χ2v) is 4.97. The van der Waals surface area contributed by atoms with E-state index in [9.17, 15) is 0 Å². The van der Waals surface area contributed by atoms with Crippen LogP contribution in [0.25, 0.3) is 0 Å². The molecule has 0 amide bonds. The van der Waals surface area contributed by atoms with Crippen molar-refractivity contribution in [1.82, 2.24) is 0 Å². The highest BCUT2D eigenvalue weighted by molar-refractivity contribution is 5.20. The largest absolute Gasteiger partial charge is 0.372 e. The fraction of sp³-hybridized carbons (Fsp3) is 0.333. The monoisotopic (exact) mass is 269 g/mol. The van der Waals surface area contributed by atoms with E-state index in [1.807, 2.05) is 31.2 Å². The van der Waals surface area contributed by atoms with E-state index in [-0.39, 0.29) is 12.1 Å². The van der Waals surface area contributed by atoms with Crippen molar-refractivity contribution < 1.29 is 4.74 Å². The predicted octanol–water partition coefficient (Wildman–Crippen LogP) is 3.72. The van der Waals surface area contributed by atoms with Crippen molar-refractivity contribution in [2.45, 2.75) is 31.9 Å². The molecule has 20 heavy (non-hydrogen) atoms. The van der Waals surface area contributed by atoms with Crippen LogP contribution in [0.1, 0.15) is 30.6 Å². The van der Waals surface area contributed by atoms with Crippen LogP contribution in [0, 0.1) is 0 Å². The summed E-state index contributed by atoms with van der Waals surface area (Å²) in [7, 11) is 0. The van der Waals surface area contributed by atoms with Crippen molar-refractivity contribution in [2.24, 2.45) is 5.73 Å². The van der Waals surface area contributed by atoms with Crippen LogP contribution in [0.2, 0.25) is 0 Å². The van der Waals surface area contributed by atoms with Gasteiger partial charge >= 0.3 is 0 Å². The van der Waals surface area contributed by atoms with Crippen LogP contribution in [0.5, 0.6) is 0 Å². The minimum absolute atomic E-state index is 0.0116. The summed E-state index contributed by atoms with van der Waals surface area (Å²) in [6.45, 7) is 2.69. The highest BCUT2D eigenvalue weighted by atomic mass is 16.5. The van der Waals surface area contributed by atoms with Gasteiger partial charge in [0, 0.05) is 12.6 Å². The molecule has 0 aliphatic carbocycles. The first-order valence-corrected chi connectivity index (χ1v) is 7.27. The molecule has 0 spiro atoms. The third-order valence-corrected chi connectivity index (χ3v) is 3.47. The SMILES string of the molecule is CCOC(c1ccccc1)C(N)CCc1ccccc1. The lowest BCUT2D eigenvalue weighted by Crippen LogP contribution is -2.31. The fourth-order valence-electron chi connectivity index (χ4n) is 2.42. The first kappa shape index (κ1) is 14.8. The molecule has 106 valence electrons. The minimum atomic E-state index is -0.0232. The Balaban J connectivity index is 1.99. The molecular formula is C18H23NO. The molecule has 2 unspecified atom stereocenters. The maximum Gasteiger partial charge on any atom is 0.0975 e. The number of benzene rings is 2. The van der Waals surface area contributed by atoms with E-state index in [1.54, 1.807) is 0 Å². The van der Waals surface area contributed by atoms with E-state index in [0.29, 0.717) is 6.61 Å². The molecule has 0 bridgehead atoms. The van der Waals surface area contributed by atoms with Crippen molar-refractivity contribution in [3.05, 3.63) is 71.8 Å². The molecule has 0 aromatic heterocycles. The van der Waals surface area contributed by atoms with Crippen LogP contribution < -0.4 is 5.73 Å². The lowest BCUT2D eigenvalue weighted by atomic mass is 9.97. The van der Waals surface area contributed by atoms with Crippen LogP contribution in [0.15, 0.2) is 60.7 Å². The second-order valence-electron chi connectivity index (χ2n) is 4.97. The minimum Gasteiger partial charge on any atom is -0.372 e. The van der Waals surface area contributed by atoms with E-state index in [1.165, 1.54) is 5.56 Å². The van der Waals surface area contributed by atoms with Crippen molar-refractivity contribution >= 4 is 0 Å². The van der Waals surface area contributed by atoms with E-state index < -0.39 is 0 Å². The molecule has 0 aliphatic heterocycles. The molecule has 2 nitrogen and oxygen atoms in total. The second kappa shape index (κ2) is 7.83. The zero-order valence-corrected chi connectivity index (χ0v) is 12.0. The summed E-state index contributed by atoms with van der Waals surface area (Å²) in [5, 5.41) is 0. The van der Waals surface area contributed by atoms with Gasteiger partial charge in [0.1, 0.15) is 0 Å². The Morgan fingerprint density at radius 1 is 0.950 bits per heavy atom. The molecule has 2 atom stereocenters. The topological polar surface area (TPSA) is 35.2 Å². The molecular weight excluding hydrogens is 246 g/mol. The van der Waals surface area contributed by atoms with Crippen molar-refractivity contribution in [3.63, 3.8) is 0 Å². The molecule has 0 aliphatic rings. The van der Waals surface area contributed by atoms with Gasteiger partial charge in [-0.3, -0.25) is 0 Å². The summed E-state index contributed by atoms with van der Waals surface area (Å²) >= 11 is 0. The lowest BCUT2D eigenvalue weighted by molar-refractivity contribution is 0.0413. The summed E-state index contributed by atoms with van der Waals surface area (Å²) in [5.74, 6) is 0. The maximum atomic E-state index is 6.36. The third kappa shape index (κ3) is 4.19. The van der Waals surface area contributed by atoms with Crippen molar-refractivity contribution in [3.8, 4) is 0 Å². The van der Waals surface area contributed by atoms with Gasteiger partial charge in [-0.25, -0.2) is 0 Å². The Morgan fingerprint density at radius 3 is 2.15 bits per heavy atom. The van der Waals surface area contributed by atoms with Gasteiger partial charge in [0.15, 0.2) is 0 Å². The first-order chi connectivity index (χ1) is 9.81. The maximum absolute atomic E-state index is 6.36. The number of hydrogen-bond donors (Lipinski definition) is 1. The van der Waals surface area contributed by atoms with E-state index in [2.05, 4.69) is 36.4 Å². The quantitative estimate of drug-likeness (QED) is 0.831. The van der Waals surface area contributed by atoms with Gasteiger partial charge in [-0.2, -0.15) is 0 Å². The van der Waals surface area contributed by atoms with Gasteiger partial charge in [-0.15, -0.1) is 0 Å². The number of aryl methyl sites for hydroxylation is 1. The summed E-state index contributed by atoms with van der Waals surface area (Å²) < 4.78 is 5.85. The van der Waals surface area contributed by atoms with Gasteiger partial charge in [0.2, 0.25) is 0 Å². The van der Waals surface area contributed by atoms with Gasteiger partial charge < -0.3 is 10.5 Å². The number of nitrogens with two attached hydrogens (primary N) is 1. The fourth-order valence-corrected chi connectivity index (χ4v) is 2.42. The molecule has 0 saturated heterocycles. The summed E-state index contributed by atoms with van der Waals surface area (Å²) in [5.41, 5.74) is 8.85. The van der Waals surface area contributed by atoms with Crippen LogP contribution >= 0.6 is 0 Å². The molecule has 0 radical (unpaired) electrons. The molecule has 2 aromatic carbocycles. The summed E-state index contributed by atoms with van der Waals surface area (Å²) in [6, 6.07) is 20.7. The highest BCUT2D eigenvalue weighted by Crippen LogP contribution is 2.22. The van der Waals surface area contributed by atoms with E-state index >= 15 is 0 Å². The molecule has 2 rings (SSSR count). The van der Waals surface area contributed by atoms with Crippen molar-refractivity contribution in [2.75, 3.05) is 6.61 Å². The molecule has 0 fully saturated rings. The smallest absolute Gasteiger partial charge is 0.0975 e. The standard InChI is InChI=1S/C18H23NO/c1-2-20-18(16-11-7-4-8-12-16)17(19)14-13-15-9-5-3-6-10-15/h3-12,17-18H,2,13-14,19H2,1H3. The van der Waals surface area contributed by atoms with E-state index in [4.69, 9.17) is 10.5 Å². The van der Waals surface area contributed by atoms with Crippen LogP contribution in [0.4, 0.5) is 0 Å².